The summed E-state index contributed by atoms with van der Waals surface area (Å²) in [7, 11) is 1.84. The first-order chi connectivity index (χ1) is 13.6. The number of amides is 1. The van der Waals surface area contributed by atoms with E-state index < -0.39 is 0 Å². The molecule has 4 heteroatoms. The molecule has 1 aliphatic heterocycles. The first kappa shape index (κ1) is 19.2. The molecule has 148 valence electrons. The van der Waals surface area contributed by atoms with Gasteiger partial charge in [-0.25, -0.2) is 0 Å². The molecular formula is C24H30N2O2. The molecule has 1 aliphatic carbocycles. The van der Waals surface area contributed by atoms with E-state index in [0.717, 1.165) is 44.5 Å². The third kappa shape index (κ3) is 3.47. The lowest BCUT2D eigenvalue weighted by molar-refractivity contribution is -0.168. The van der Waals surface area contributed by atoms with Gasteiger partial charge in [-0.2, -0.15) is 0 Å². The maximum absolute atomic E-state index is 11.7. The first-order valence-corrected chi connectivity index (χ1v) is 10.3. The predicted molar refractivity (Wildman–Crippen MR) is 111 cm³/mol. The summed E-state index contributed by atoms with van der Waals surface area (Å²) in [4.78, 5) is 14.3. The Kier molecular flexibility index (Phi) is 5.51. The number of ether oxygens (including phenoxy) is 1. The third-order valence-corrected chi connectivity index (χ3v) is 6.77. The number of hydrogen-bond donors (Lipinski definition) is 1. The van der Waals surface area contributed by atoms with Crippen LogP contribution in [-0.4, -0.2) is 37.6 Å². The van der Waals surface area contributed by atoms with Gasteiger partial charge in [-0.3, -0.25) is 4.79 Å². The van der Waals surface area contributed by atoms with Gasteiger partial charge in [0.25, 0.3) is 0 Å². The zero-order chi connectivity index (χ0) is 19.6. The van der Waals surface area contributed by atoms with E-state index >= 15 is 0 Å². The molecule has 0 spiro atoms. The Morgan fingerprint density at radius 3 is 2.46 bits per heavy atom. The molecule has 1 amide bonds. The van der Waals surface area contributed by atoms with Gasteiger partial charge >= 0.3 is 0 Å². The molecule has 0 aromatic heterocycles. The Hall–Kier alpha value is -2.17. The van der Waals surface area contributed by atoms with E-state index in [1.165, 1.54) is 12.0 Å². The zero-order valence-electron chi connectivity index (χ0n) is 16.6. The summed E-state index contributed by atoms with van der Waals surface area (Å²) in [6.07, 6.45) is 4.65. The van der Waals surface area contributed by atoms with Crippen molar-refractivity contribution >= 4 is 5.91 Å². The van der Waals surface area contributed by atoms with Crippen molar-refractivity contribution in [1.82, 2.24) is 4.90 Å². The highest BCUT2D eigenvalue weighted by Crippen LogP contribution is 2.51. The quantitative estimate of drug-likeness (QED) is 0.836. The molecule has 1 saturated carbocycles. The second-order valence-electron chi connectivity index (χ2n) is 8.26. The smallest absolute Gasteiger partial charge is 0.248 e. The van der Waals surface area contributed by atoms with Crippen LogP contribution in [0.4, 0.5) is 0 Å². The Morgan fingerprint density at radius 1 is 1.11 bits per heavy atom. The number of piperidine rings is 1. The highest BCUT2D eigenvalue weighted by Gasteiger charge is 2.53. The highest BCUT2D eigenvalue weighted by molar-refractivity contribution is 5.92. The minimum absolute atomic E-state index is 0.313. The monoisotopic (exact) mass is 378 g/mol. The van der Waals surface area contributed by atoms with Crippen molar-refractivity contribution in [1.29, 1.82) is 0 Å². The lowest BCUT2D eigenvalue weighted by atomic mass is 9.62. The van der Waals surface area contributed by atoms with Crippen LogP contribution in [-0.2, 0) is 16.8 Å². The fourth-order valence-electron chi connectivity index (χ4n) is 5.48. The molecular weight excluding hydrogens is 348 g/mol. The molecule has 28 heavy (non-hydrogen) atoms. The van der Waals surface area contributed by atoms with E-state index in [4.69, 9.17) is 10.5 Å². The van der Waals surface area contributed by atoms with Gasteiger partial charge < -0.3 is 15.4 Å². The summed E-state index contributed by atoms with van der Waals surface area (Å²) in [5.74, 6) is 0.492. The van der Waals surface area contributed by atoms with E-state index in [2.05, 4.69) is 41.3 Å². The van der Waals surface area contributed by atoms with Crippen LogP contribution in [0.1, 0.15) is 40.7 Å². The van der Waals surface area contributed by atoms with E-state index in [0.29, 0.717) is 17.4 Å². The van der Waals surface area contributed by atoms with E-state index in [1.807, 2.05) is 19.2 Å². The fourth-order valence-corrected chi connectivity index (χ4v) is 5.48. The molecule has 4 nitrogen and oxygen atoms in total. The number of nitrogens with two attached hydrogens (primary N) is 1. The number of methoxy groups -OCH3 is 1. The van der Waals surface area contributed by atoms with Gasteiger partial charge in [-0.1, -0.05) is 48.9 Å². The average molecular weight is 379 g/mol. The Morgan fingerprint density at radius 2 is 1.82 bits per heavy atom. The Labute approximate surface area is 167 Å². The topological polar surface area (TPSA) is 55.6 Å². The van der Waals surface area contributed by atoms with Crippen LogP contribution in [0, 0.1) is 11.8 Å². The van der Waals surface area contributed by atoms with Crippen LogP contribution in [0.5, 0.6) is 0 Å². The molecule has 2 fully saturated rings. The van der Waals surface area contributed by atoms with Crippen molar-refractivity contribution in [2.24, 2.45) is 17.6 Å². The number of rotatable bonds is 6. The van der Waals surface area contributed by atoms with Gasteiger partial charge in [0.05, 0.1) is 0 Å². The molecule has 4 rings (SSSR count). The van der Waals surface area contributed by atoms with Crippen molar-refractivity contribution in [2.45, 2.75) is 31.3 Å². The SMILES string of the molecule is COC1(c2cccc(C(N)=O)c2)C2CCCC1CN(CCc1ccccc1)C2. The van der Waals surface area contributed by atoms with E-state index in [-0.39, 0.29) is 11.5 Å². The number of hydrogen-bond acceptors (Lipinski definition) is 3. The van der Waals surface area contributed by atoms with Gasteiger partial charge in [0.15, 0.2) is 0 Å². The van der Waals surface area contributed by atoms with Gasteiger partial charge in [0.1, 0.15) is 5.60 Å². The fraction of sp³-hybridized carbons (Fsp3) is 0.458. The van der Waals surface area contributed by atoms with Crippen LogP contribution in [0.15, 0.2) is 54.6 Å². The molecule has 2 atom stereocenters. The maximum Gasteiger partial charge on any atom is 0.248 e. The van der Waals surface area contributed by atoms with Crippen LogP contribution >= 0.6 is 0 Å². The summed E-state index contributed by atoms with van der Waals surface area (Å²) in [6, 6.07) is 18.5. The number of carbonyl (C=O) groups is 1. The standard InChI is InChI=1S/C24H30N2O2/c1-28-24(20-10-5-9-19(15-20)23(25)27)21-11-6-12-22(24)17-26(16-21)14-13-18-7-3-2-4-8-18/h2-5,7-10,15,21-22H,6,11-14,16-17H2,1H3,(H2,25,27). The lowest BCUT2D eigenvalue weighted by Gasteiger charge is -2.55. The number of fused-ring (bicyclic) bond motifs is 2. The van der Waals surface area contributed by atoms with Crippen molar-refractivity contribution in [3.05, 3.63) is 71.3 Å². The molecule has 2 unspecified atom stereocenters. The largest absolute Gasteiger partial charge is 0.373 e. The molecule has 1 heterocycles. The summed E-state index contributed by atoms with van der Waals surface area (Å²) in [5, 5.41) is 0. The van der Waals surface area contributed by atoms with Crippen LogP contribution in [0.25, 0.3) is 0 Å². The summed E-state index contributed by atoms with van der Waals surface area (Å²) < 4.78 is 6.30. The lowest BCUT2D eigenvalue weighted by Crippen LogP contribution is -2.59. The molecule has 2 aliphatic rings. The van der Waals surface area contributed by atoms with Crippen molar-refractivity contribution in [2.75, 3.05) is 26.7 Å². The number of nitrogens with zero attached hydrogens (tertiary/aromatic N) is 1. The van der Waals surface area contributed by atoms with Crippen LogP contribution in [0.2, 0.25) is 0 Å². The molecule has 1 saturated heterocycles. The zero-order valence-corrected chi connectivity index (χ0v) is 16.6. The highest BCUT2D eigenvalue weighted by atomic mass is 16.5. The molecule has 2 aromatic carbocycles. The van der Waals surface area contributed by atoms with Crippen LogP contribution in [0.3, 0.4) is 0 Å². The molecule has 2 aromatic rings. The van der Waals surface area contributed by atoms with E-state index in [1.54, 1.807) is 6.07 Å². The van der Waals surface area contributed by atoms with Gasteiger partial charge in [-0.05, 0) is 42.5 Å². The van der Waals surface area contributed by atoms with Crippen molar-refractivity contribution in [3.63, 3.8) is 0 Å². The Bertz CT molecular complexity index is 806. The van der Waals surface area contributed by atoms with Crippen molar-refractivity contribution in [3.8, 4) is 0 Å². The van der Waals surface area contributed by atoms with Crippen LogP contribution < -0.4 is 5.73 Å². The second-order valence-corrected chi connectivity index (χ2v) is 8.26. The maximum atomic E-state index is 11.7. The van der Waals surface area contributed by atoms with Crippen molar-refractivity contribution < 1.29 is 9.53 Å². The summed E-state index contributed by atoms with van der Waals surface area (Å²) >= 11 is 0. The molecule has 2 bridgehead atoms. The Balaban J connectivity index is 1.57. The normalized spacial score (nSPS) is 27.5. The number of primary amides is 1. The number of likely N-dealkylation sites (tertiary alicyclic amines) is 1. The van der Waals surface area contributed by atoms with E-state index in [9.17, 15) is 4.79 Å². The second kappa shape index (κ2) is 8.06. The number of benzene rings is 2. The van der Waals surface area contributed by atoms with Gasteiger partial charge in [-0.15, -0.1) is 0 Å². The number of carbonyl (C=O) groups excluding carboxylic acids is 1. The minimum atomic E-state index is -0.376. The molecule has 0 radical (unpaired) electrons. The minimum Gasteiger partial charge on any atom is -0.373 e. The summed E-state index contributed by atoms with van der Waals surface area (Å²) in [5.41, 5.74) is 8.31. The predicted octanol–water partition coefficient (Wildman–Crippen LogP) is 3.60. The first-order valence-electron chi connectivity index (χ1n) is 10.3. The van der Waals surface area contributed by atoms with Gasteiger partial charge in [0.2, 0.25) is 5.91 Å². The summed E-state index contributed by atoms with van der Waals surface area (Å²) in [6.45, 7) is 3.16. The average Bonchev–Trinajstić information content (AvgIpc) is 2.72. The van der Waals surface area contributed by atoms with Gasteiger partial charge in [0, 0.05) is 44.1 Å². The third-order valence-electron chi connectivity index (χ3n) is 6.77. The molecule has 2 N–H and O–H groups in total.